The van der Waals surface area contributed by atoms with Crippen LogP contribution in [0.25, 0.3) is 0 Å². The van der Waals surface area contributed by atoms with Crippen molar-refractivity contribution in [3.63, 3.8) is 0 Å². The number of rotatable bonds is 2. The molecule has 0 aliphatic carbocycles. The van der Waals surface area contributed by atoms with E-state index in [0.717, 1.165) is 12.3 Å². The van der Waals surface area contributed by atoms with Crippen LogP contribution in [0.3, 0.4) is 0 Å². The van der Waals surface area contributed by atoms with Crippen LogP contribution < -0.4 is 5.32 Å². The van der Waals surface area contributed by atoms with Gasteiger partial charge in [-0.2, -0.15) is 13.2 Å². The van der Waals surface area contributed by atoms with E-state index in [0.29, 0.717) is 0 Å². The lowest BCUT2D eigenvalue weighted by Gasteiger charge is -2.20. The van der Waals surface area contributed by atoms with E-state index in [9.17, 15) is 22.8 Å². The van der Waals surface area contributed by atoms with E-state index < -0.39 is 40.1 Å². The number of halogens is 4. The molecule has 0 unspecified atom stereocenters. The fraction of sp³-hybridized carbons (Fsp3) is 0.417. The minimum atomic E-state index is -5.14. The summed E-state index contributed by atoms with van der Waals surface area (Å²) in [5.41, 5.74) is -1.80. The zero-order valence-electron chi connectivity index (χ0n) is 11.3. The van der Waals surface area contributed by atoms with Crippen LogP contribution >= 0.6 is 11.6 Å². The molecule has 1 aromatic rings. The second-order valence-electron chi connectivity index (χ2n) is 4.97. The monoisotopic (exact) mass is 324 g/mol. The first kappa shape index (κ1) is 17.2. The maximum atomic E-state index is 12.5. The third-order valence-electron chi connectivity index (χ3n) is 2.00. The Hall–Kier alpha value is -1.83. The summed E-state index contributed by atoms with van der Waals surface area (Å²) in [7, 11) is 0. The van der Waals surface area contributed by atoms with Crippen molar-refractivity contribution in [1.82, 2.24) is 4.98 Å². The van der Waals surface area contributed by atoms with Crippen molar-refractivity contribution in [2.24, 2.45) is 0 Å². The summed E-state index contributed by atoms with van der Waals surface area (Å²) >= 11 is 5.59. The Morgan fingerprint density at radius 2 is 1.86 bits per heavy atom. The van der Waals surface area contributed by atoms with Crippen LogP contribution in [0.1, 0.15) is 31.1 Å². The summed E-state index contributed by atoms with van der Waals surface area (Å²) in [6, 6.07) is 1.01. The molecule has 21 heavy (non-hydrogen) atoms. The van der Waals surface area contributed by atoms with Crippen LogP contribution in [0.4, 0.5) is 23.8 Å². The van der Waals surface area contributed by atoms with Crippen LogP contribution in [0.5, 0.6) is 0 Å². The van der Waals surface area contributed by atoms with Gasteiger partial charge in [-0.25, -0.2) is 9.78 Å². The number of carbonyl (C=O) groups excluding carboxylic acids is 2. The molecule has 1 heterocycles. The van der Waals surface area contributed by atoms with Crippen molar-refractivity contribution in [2.75, 3.05) is 5.32 Å². The maximum absolute atomic E-state index is 12.5. The molecule has 0 spiro atoms. The van der Waals surface area contributed by atoms with Crippen molar-refractivity contribution >= 4 is 29.3 Å². The summed E-state index contributed by atoms with van der Waals surface area (Å²) in [6.45, 7) is 4.71. The van der Waals surface area contributed by atoms with E-state index in [1.807, 2.05) is 5.32 Å². The summed E-state index contributed by atoms with van der Waals surface area (Å²) in [4.78, 5) is 26.4. The van der Waals surface area contributed by atoms with E-state index in [1.54, 1.807) is 20.8 Å². The van der Waals surface area contributed by atoms with Crippen LogP contribution in [-0.4, -0.2) is 28.6 Å². The lowest BCUT2D eigenvalue weighted by atomic mass is 10.1. The van der Waals surface area contributed by atoms with Crippen molar-refractivity contribution in [3.8, 4) is 0 Å². The Kier molecular flexibility index (Phi) is 4.83. The highest BCUT2D eigenvalue weighted by atomic mass is 35.5. The lowest BCUT2D eigenvalue weighted by Crippen LogP contribution is -2.29. The average molecular weight is 325 g/mol. The number of ketones is 1. The maximum Gasteiger partial charge on any atom is 0.455 e. The first-order valence-electron chi connectivity index (χ1n) is 5.68. The molecule has 9 heteroatoms. The molecule has 0 aliphatic rings. The molecule has 0 radical (unpaired) electrons. The van der Waals surface area contributed by atoms with Gasteiger partial charge in [0.15, 0.2) is 0 Å². The van der Waals surface area contributed by atoms with Crippen LogP contribution in [-0.2, 0) is 4.74 Å². The Morgan fingerprint density at radius 3 is 2.33 bits per heavy atom. The second-order valence-corrected chi connectivity index (χ2v) is 5.38. The molecule has 0 atom stereocenters. The van der Waals surface area contributed by atoms with Gasteiger partial charge in [-0.1, -0.05) is 11.6 Å². The molecule has 1 aromatic heterocycles. The number of pyridine rings is 1. The quantitative estimate of drug-likeness (QED) is 0.839. The number of anilines is 1. The number of carbonyl (C=O) groups is 2. The fourth-order valence-electron chi connectivity index (χ4n) is 1.29. The normalized spacial score (nSPS) is 12.0. The van der Waals surface area contributed by atoms with Gasteiger partial charge >= 0.3 is 12.3 Å². The number of hydrogen-bond donors (Lipinski definition) is 1. The number of ether oxygens (including phenoxy) is 1. The molecule has 5 nitrogen and oxygen atoms in total. The number of Topliss-reactive ketones (excluding diaryl/α,β-unsaturated/α-hetero) is 1. The van der Waals surface area contributed by atoms with Crippen LogP contribution in [0.2, 0.25) is 5.02 Å². The molecule has 1 N–H and O–H groups in total. The van der Waals surface area contributed by atoms with Crippen molar-refractivity contribution in [3.05, 3.63) is 22.8 Å². The van der Waals surface area contributed by atoms with Crippen molar-refractivity contribution in [2.45, 2.75) is 32.5 Å². The van der Waals surface area contributed by atoms with Gasteiger partial charge in [0, 0.05) is 6.20 Å². The zero-order valence-corrected chi connectivity index (χ0v) is 12.1. The van der Waals surface area contributed by atoms with E-state index >= 15 is 0 Å². The van der Waals surface area contributed by atoms with Gasteiger partial charge in [0.2, 0.25) is 0 Å². The predicted octanol–water partition coefficient (Wildman–Crippen LogP) is 3.83. The number of amides is 1. The van der Waals surface area contributed by atoms with Gasteiger partial charge in [0.05, 0.1) is 10.6 Å². The Morgan fingerprint density at radius 1 is 1.29 bits per heavy atom. The Labute approximate surface area is 123 Å². The molecule has 0 saturated heterocycles. The summed E-state index contributed by atoms with van der Waals surface area (Å²) in [5, 5.41) is 1.51. The molecule has 0 aromatic carbocycles. The third-order valence-corrected chi connectivity index (χ3v) is 2.32. The van der Waals surface area contributed by atoms with Crippen LogP contribution in [0.15, 0.2) is 12.3 Å². The van der Waals surface area contributed by atoms with Gasteiger partial charge in [-0.05, 0) is 26.8 Å². The molecule has 1 amide bonds. The SMILES string of the molecule is CC(C)(C)OC(=O)Nc1nccc(Cl)c1C(=O)C(F)(F)F. The molecule has 116 valence electrons. The first-order valence-corrected chi connectivity index (χ1v) is 6.05. The van der Waals surface area contributed by atoms with E-state index in [2.05, 4.69) is 4.98 Å². The number of hydrogen-bond acceptors (Lipinski definition) is 4. The fourth-order valence-corrected chi connectivity index (χ4v) is 1.52. The highest BCUT2D eigenvalue weighted by Crippen LogP contribution is 2.30. The number of nitrogens with one attached hydrogen (secondary N) is 1. The minimum Gasteiger partial charge on any atom is -0.444 e. The van der Waals surface area contributed by atoms with Gasteiger partial charge < -0.3 is 4.74 Å². The average Bonchev–Trinajstić information content (AvgIpc) is 2.24. The van der Waals surface area contributed by atoms with Crippen molar-refractivity contribution in [1.29, 1.82) is 0 Å². The molecule has 1 rings (SSSR count). The number of nitrogens with zero attached hydrogens (tertiary/aromatic N) is 1. The summed E-state index contributed by atoms with van der Waals surface area (Å²) in [6.07, 6.45) is -5.13. The van der Waals surface area contributed by atoms with Gasteiger partial charge in [0.25, 0.3) is 5.78 Å². The highest BCUT2D eigenvalue weighted by Gasteiger charge is 2.42. The second kappa shape index (κ2) is 5.88. The van der Waals surface area contributed by atoms with Gasteiger partial charge in [0.1, 0.15) is 11.4 Å². The zero-order chi connectivity index (χ0) is 16.4. The van der Waals surface area contributed by atoms with Gasteiger partial charge in [-0.3, -0.25) is 10.1 Å². The molecule has 0 aliphatic heterocycles. The molecular weight excluding hydrogens is 313 g/mol. The molecule has 0 bridgehead atoms. The number of aromatic nitrogens is 1. The van der Waals surface area contributed by atoms with Gasteiger partial charge in [-0.15, -0.1) is 0 Å². The third kappa shape index (κ3) is 4.89. The first-order chi connectivity index (χ1) is 9.42. The minimum absolute atomic E-state index is 0.474. The predicted molar refractivity (Wildman–Crippen MR) is 69.5 cm³/mol. The van der Waals surface area contributed by atoms with Crippen LogP contribution in [0, 0.1) is 0 Å². The lowest BCUT2D eigenvalue weighted by molar-refractivity contribution is -0.0884. The topological polar surface area (TPSA) is 68.3 Å². The standard InChI is InChI=1S/C12H12ClF3N2O3/c1-11(2,3)21-10(20)18-9-7(6(13)4-5-17-9)8(19)12(14,15)16/h4-5H,1-3H3,(H,17,18,20). The summed E-state index contributed by atoms with van der Waals surface area (Å²) in [5.74, 6) is -2.81. The number of alkyl halides is 3. The largest absolute Gasteiger partial charge is 0.455 e. The summed E-state index contributed by atoms with van der Waals surface area (Å²) < 4.78 is 42.4. The van der Waals surface area contributed by atoms with Crippen molar-refractivity contribution < 1.29 is 27.5 Å². The highest BCUT2D eigenvalue weighted by molar-refractivity contribution is 6.35. The smallest absolute Gasteiger partial charge is 0.444 e. The Balaban J connectivity index is 3.12. The molecular formula is C12H12ClF3N2O3. The Bertz CT molecular complexity index is 568. The van der Waals surface area contributed by atoms with E-state index in [-0.39, 0.29) is 0 Å². The van der Waals surface area contributed by atoms with E-state index in [4.69, 9.17) is 16.3 Å². The molecule has 0 fully saturated rings. The van der Waals surface area contributed by atoms with E-state index in [1.165, 1.54) is 0 Å². The molecule has 0 saturated carbocycles.